The first-order valence-corrected chi connectivity index (χ1v) is 6.54. The van der Waals surface area contributed by atoms with Gasteiger partial charge in [0.25, 0.3) is 0 Å². The Hall–Kier alpha value is -0.250. The summed E-state index contributed by atoms with van der Waals surface area (Å²) in [5.41, 5.74) is 0.866. The van der Waals surface area contributed by atoms with Crippen LogP contribution in [0.25, 0.3) is 0 Å². The Morgan fingerprint density at radius 2 is 2.27 bits per heavy atom. The monoisotopic (exact) mass is 247 g/mol. The van der Waals surface area contributed by atoms with E-state index < -0.39 is 0 Å². The molecule has 1 aromatic carbocycles. The van der Waals surface area contributed by atoms with Crippen LogP contribution < -0.4 is 5.32 Å². The highest BCUT2D eigenvalue weighted by Gasteiger charge is 2.09. The van der Waals surface area contributed by atoms with Crippen molar-refractivity contribution in [1.29, 1.82) is 0 Å². The highest BCUT2D eigenvalue weighted by Crippen LogP contribution is 2.19. The maximum Gasteiger partial charge on any atom is 0.123 e. The Morgan fingerprint density at radius 3 is 2.87 bits per heavy atom. The molecule has 1 rings (SSSR count). The zero-order valence-corrected chi connectivity index (χ0v) is 10.5. The van der Waals surface area contributed by atoms with Gasteiger partial charge in [-0.1, -0.05) is 11.6 Å². The van der Waals surface area contributed by atoms with Gasteiger partial charge in [-0.05, 0) is 43.5 Å². The van der Waals surface area contributed by atoms with Gasteiger partial charge in [0.05, 0.1) is 0 Å². The van der Waals surface area contributed by atoms with Crippen molar-refractivity contribution in [3.63, 3.8) is 0 Å². The van der Waals surface area contributed by atoms with Crippen LogP contribution in [-0.2, 0) is 6.42 Å². The molecule has 4 heteroatoms. The number of likely N-dealkylation sites (N-methyl/N-ethyl adjacent to an activating group) is 1. The molecular formula is C11H15ClFNS. The molecule has 0 fully saturated rings. The number of benzene rings is 1. The van der Waals surface area contributed by atoms with Crippen LogP contribution in [0.5, 0.6) is 0 Å². The maximum absolute atomic E-state index is 13.0. The summed E-state index contributed by atoms with van der Waals surface area (Å²) in [6, 6.07) is 4.83. The van der Waals surface area contributed by atoms with Crippen molar-refractivity contribution in [1.82, 2.24) is 5.32 Å². The summed E-state index contributed by atoms with van der Waals surface area (Å²) >= 11 is 7.76. The van der Waals surface area contributed by atoms with E-state index in [2.05, 4.69) is 11.6 Å². The van der Waals surface area contributed by atoms with Crippen LogP contribution in [-0.4, -0.2) is 25.1 Å². The normalized spacial score (nSPS) is 12.8. The van der Waals surface area contributed by atoms with E-state index >= 15 is 0 Å². The summed E-state index contributed by atoms with van der Waals surface area (Å²) in [6.45, 7) is 0. The minimum Gasteiger partial charge on any atom is -0.316 e. The molecule has 0 spiro atoms. The van der Waals surface area contributed by atoms with Crippen LogP contribution in [0, 0.1) is 5.82 Å². The van der Waals surface area contributed by atoms with Gasteiger partial charge >= 0.3 is 0 Å². The molecule has 1 N–H and O–H groups in total. The molecule has 0 amide bonds. The number of thioether (sulfide) groups is 1. The Kier molecular flexibility index (Phi) is 5.43. The third kappa shape index (κ3) is 4.01. The van der Waals surface area contributed by atoms with Crippen molar-refractivity contribution in [2.45, 2.75) is 12.5 Å². The van der Waals surface area contributed by atoms with E-state index in [9.17, 15) is 4.39 Å². The first-order valence-electron chi connectivity index (χ1n) is 4.77. The molecule has 0 aliphatic heterocycles. The first-order chi connectivity index (χ1) is 7.17. The highest BCUT2D eigenvalue weighted by molar-refractivity contribution is 7.98. The maximum atomic E-state index is 13.0. The molecule has 0 aromatic heterocycles. The van der Waals surface area contributed by atoms with Crippen LogP contribution in [0.3, 0.4) is 0 Å². The Balaban J connectivity index is 2.73. The van der Waals surface area contributed by atoms with Gasteiger partial charge in [0.15, 0.2) is 0 Å². The van der Waals surface area contributed by atoms with Crippen molar-refractivity contribution in [3.8, 4) is 0 Å². The van der Waals surface area contributed by atoms with Crippen molar-refractivity contribution in [3.05, 3.63) is 34.6 Å². The zero-order valence-electron chi connectivity index (χ0n) is 8.89. The summed E-state index contributed by atoms with van der Waals surface area (Å²) < 4.78 is 13.0. The van der Waals surface area contributed by atoms with Gasteiger partial charge in [0.2, 0.25) is 0 Å². The molecular weight excluding hydrogens is 233 g/mol. The van der Waals surface area contributed by atoms with Crippen molar-refractivity contribution in [2.75, 3.05) is 19.1 Å². The standard InChI is InChI=1S/C11H15ClFNS/c1-14-10(7-15-2)6-8-5-9(13)3-4-11(8)12/h3-5,10,14H,6-7H2,1-2H3. The lowest BCUT2D eigenvalue weighted by molar-refractivity contribution is 0.603. The lowest BCUT2D eigenvalue weighted by Gasteiger charge is -2.15. The third-order valence-corrected chi connectivity index (χ3v) is 3.35. The summed E-state index contributed by atoms with van der Waals surface area (Å²) in [4.78, 5) is 0. The average Bonchev–Trinajstić information content (AvgIpc) is 2.22. The van der Waals surface area contributed by atoms with Gasteiger partial charge in [0.1, 0.15) is 5.82 Å². The minimum atomic E-state index is -0.228. The molecule has 0 saturated carbocycles. The van der Waals surface area contributed by atoms with E-state index in [1.807, 2.05) is 7.05 Å². The number of nitrogens with one attached hydrogen (secondary N) is 1. The smallest absolute Gasteiger partial charge is 0.123 e. The molecule has 1 nitrogen and oxygen atoms in total. The minimum absolute atomic E-state index is 0.228. The number of rotatable bonds is 5. The highest BCUT2D eigenvalue weighted by atomic mass is 35.5. The van der Waals surface area contributed by atoms with Crippen LogP contribution in [0.1, 0.15) is 5.56 Å². The van der Waals surface area contributed by atoms with E-state index in [1.54, 1.807) is 17.8 Å². The molecule has 1 atom stereocenters. The lowest BCUT2D eigenvalue weighted by Crippen LogP contribution is -2.30. The molecule has 1 unspecified atom stereocenters. The quantitative estimate of drug-likeness (QED) is 0.859. The molecule has 15 heavy (non-hydrogen) atoms. The van der Waals surface area contributed by atoms with E-state index in [4.69, 9.17) is 11.6 Å². The van der Waals surface area contributed by atoms with Gasteiger partial charge in [-0.2, -0.15) is 11.8 Å². The summed E-state index contributed by atoms with van der Waals surface area (Å²) in [7, 11) is 1.91. The second-order valence-corrected chi connectivity index (χ2v) is 4.70. The van der Waals surface area contributed by atoms with Crippen LogP contribution in [0.2, 0.25) is 5.02 Å². The van der Waals surface area contributed by atoms with Gasteiger partial charge in [-0.3, -0.25) is 0 Å². The first kappa shape index (κ1) is 12.8. The summed E-state index contributed by atoms with van der Waals surface area (Å²) in [6.07, 6.45) is 2.81. The zero-order chi connectivity index (χ0) is 11.3. The molecule has 0 radical (unpaired) electrons. The molecule has 0 bridgehead atoms. The summed E-state index contributed by atoms with van der Waals surface area (Å²) in [5, 5.41) is 3.83. The van der Waals surface area contributed by atoms with Crippen molar-refractivity contribution >= 4 is 23.4 Å². The number of hydrogen-bond acceptors (Lipinski definition) is 2. The van der Waals surface area contributed by atoms with E-state index in [-0.39, 0.29) is 5.82 Å². The van der Waals surface area contributed by atoms with E-state index in [0.717, 1.165) is 17.7 Å². The fraction of sp³-hybridized carbons (Fsp3) is 0.455. The second-order valence-electron chi connectivity index (χ2n) is 3.38. The fourth-order valence-corrected chi connectivity index (χ4v) is 2.29. The molecule has 0 heterocycles. The fourth-order valence-electron chi connectivity index (χ4n) is 1.41. The predicted octanol–water partition coefficient (Wildman–Crippen LogP) is 2.97. The molecule has 0 saturated heterocycles. The Bertz CT molecular complexity index is 319. The third-order valence-electron chi connectivity index (χ3n) is 2.25. The molecule has 0 aliphatic carbocycles. The summed E-state index contributed by atoms with van der Waals surface area (Å²) in [5.74, 6) is 0.761. The predicted molar refractivity (Wildman–Crippen MR) is 66.3 cm³/mol. The average molecular weight is 248 g/mol. The van der Waals surface area contributed by atoms with E-state index in [1.165, 1.54) is 12.1 Å². The van der Waals surface area contributed by atoms with Crippen molar-refractivity contribution < 1.29 is 4.39 Å². The SMILES string of the molecule is CNC(CSC)Cc1cc(F)ccc1Cl. The topological polar surface area (TPSA) is 12.0 Å². The van der Waals surface area contributed by atoms with Gasteiger partial charge < -0.3 is 5.32 Å². The Labute approximate surface area is 99.4 Å². The molecule has 0 aliphatic rings. The lowest BCUT2D eigenvalue weighted by atomic mass is 10.1. The molecule has 1 aromatic rings. The molecule has 84 valence electrons. The van der Waals surface area contributed by atoms with Gasteiger partial charge in [-0.25, -0.2) is 4.39 Å². The van der Waals surface area contributed by atoms with Crippen molar-refractivity contribution in [2.24, 2.45) is 0 Å². The number of hydrogen-bond donors (Lipinski definition) is 1. The van der Waals surface area contributed by atoms with Crippen LogP contribution in [0.15, 0.2) is 18.2 Å². The van der Waals surface area contributed by atoms with Crippen LogP contribution >= 0.6 is 23.4 Å². The van der Waals surface area contributed by atoms with Crippen LogP contribution in [0.4, 0.5) is 4.39 Å². The Morgan fingerprint density at radius 1 is 1.53 bits per heavy atom. The van der Waals surface area contributed by atoms with Gasteiger partial charge in [0, 0.05) is 16.8 Å². The number of halogens is 2. The largest absolute Gasteiger partial charge is 0.316 e. The van der Waals surface area contributed by atoms with Gasteiger partial charge in [-0.15, -0.1) is 0 Å². The second kappa shape index (κ2) is 6.36. The van der Waals surface area contributed by atoms with E-state index in [0.29, 0.717) is 11.1 Å².